The first-order chi connectivity index (χ1) is 5.90. The summed E-state index contributed by atoms with van der Waals surface area (Å²) < 4.78 is 5.71. The van der Waals surface area contributed by atoms with Gasteiger partial charge in [0.25, 0.3) is 0 Å². The average molecular weight is 170 g/mol. The highest BCUT2D eigenvalue weighted by Crippen LogP contribution is 2.15. The van der Waals surface area contributed by atoms with E-state index in [1.165, 1.54) is 13.0 Å². The maximum Gasteiger partial charge on any atom is 0.0855 e. The summed E-state index contributed by atoms with van der Waals surface area (Å²) >= 11 is 0. The Morgan fingerprint density at radius 1 is 1.58 bits per heavy atom. The minimum absolute atomic E-state index is 0.451. The summed E-state index contributed by atoms with van der Waals surface area (Å²) in [5.74, 6) is 0. The third kappa shape index (κ3) is 1.63. The van der Waals surface area contributed by atoms with Gasteiger partial charge in [0.2, 0.25) is 0 Å². The lowest BCUT2D eigenvalue weighted by Gasteiger charge is -2.41. The number of nitrogens with one attached hydrogen (secondary N) is 1. The van der Waals surface area contributed by atoms with Gasteiger partial charge < -0.3 is 15.0 Å². The van der Waals surface area contributed by atoms with Crippen LogP contribution >= 0.6 is 0 Å². The van der Waals surface area contributed by atoms with Gasteiger partial charge in [-0.1, -0.05) is 6.92 Å². The molecule has 0 aliphatic carbocycles. The van der Waals surface area contributed by atoms with E-state index in [1.54, 1.807) is 0 Å². The lowest BCUT2D eigenvalue weighted by atomic mass is 10.0. The fourth-order valence-corrected chi connectivity index (χ4v) is 2.12. The van der Waals surface area contributed by atoms with Crippen molar-refractivity contribution >= 4 is 0 Å². The molecule has 0 spiro atoms. The van der Waals surface area contributed by atoms with Crippen LogP contribution in [0.5, 0.6) is 0 Å². The monoisotopic (exact) mass is 170 g/mol. The number of nitrogens with zero attached hydrogens (tertiary/aromatic N) is 1. The van der Waals surface area contributed by atoms with Gasteiger partial charge in [-0.25, -0.2) is 0 Å². The summed E-state index contributed by atoms with van der Waals surface area (Å²) in [7, 11) is 0. The van der Waals surface area contributed by atoms with Crippen molar-refractivity contribution in [2.75, 3.05) is 32.8 Å². The number of likely N-dealkylation sites (N-methyl/N-ethyl adjacent to an activating group) is 1. The number of hydrogen-bond acceptors (Lipinski definition) is 3. The maximum atomic E-state index is 5.71. The van der Waals surface area contributed by atoms with E-state index in [0.717, 1.165) is 26.2 Å². The first-order valence-corrected chi connectivity index (χ1v) is 4.97. The topological polar surface area (TPSA) is 24.5 Å². The summed E-state index contributed by atoms with van der Waals surface area (Å²) in [6.07, 6.45) is 1.70. The summed E-state index contributed by atoms with van der Waals surface area (Å²) in [5, 5.41) is 3.51. The van der Waals surface area contributed by atoms with E-state index in [-0.39, 0.29) is 0 Å². The second-order valence-corrected chi connectivity index (χ2v) is 3.65. The molecule has 12 heavy (non-hydrogen) atoms. The zero-order valence-electron chi connectivity index (χ0n) is 7.75. The molecule has 2 aliphatic rings. The fraction of sp³-hybridized carbons (Fsp3) is 1.00. The quantitative estimate of drug-likeness (QED) is 0.602. The molecule has 2 heterocycles. The minimum Gasteiger partial charge on any atom is -0.374 e. The van der Waals surface area contributed by atoms with Crippen LogP contribution in [0.1, 0.15) is 13.3 Å². The van der Waals surface area contributed by atoms with Gasteiger partial charge in [0, 0.05) is 19.1 Å². The normalized spacial score (nSPS) is 37.8. The predicted molar refractivity (Wildman–Crippen MR) is 48.3 cm³/mol. The van der Waals surface area contributed by atoms with Crippen molar-refractivity contribution in [2.24, 2.45) is 0 Å². The molecule has 0 bridgehead atoms. The second kappa shape index (κ2) is 3.73. The lowest BCUT2D eigenvalue weighted by Crippen LogP contribution is -2.57. The molecular formula is C9H18N2O. The highest BCUT2D eigenvalue weighted by atomic mass is 16.5. The summed E-state index contributed by atoms with van der Waals surface area (Å²) in [6, 6.07) is 0.626. The molecule has 2 saturated heterocycles. The highest BCUT2D eigenvalue weighted by Gasteiger charge is 2.30. The molecule has 0 aromatic carbocycles. The van der Waals surface area contributed by atoms with Crippen LogP contribution in [0, 0.1) is 0 Å². The van der Waals surface area contributed by atoms with Gasteiger partial charge in [-0.15, -0.1) is 0 Å². The molecular weight excluding hydrogens is 152 g/mol. The Hall–Kier alpha value is -0.120. The number of piperidine rings is 1. The van der Waals surface area contributed by atoms with Crippen molar-refractivity contribution < 1.29 is 4.74 Å². The zero-order chi connectivity index (χ0) is 8.39. The fourth-order valence-electron chi connectivity index (χ4n) is 2.12. The standard InChI is InChI=1S/C9H18N2O/c1-2-11-5-3-8-9(7-11)12-6-4-10-8/h8-10H,2-7H2,1H3/t8-,9+/m1/s1. The molecule has 0 aromatic rings. The van der Waals surface area contributed by atoms with Gasteiger partial charge in [0.15, 0.2) is 0 Å². The Labute approximate surface area is 74.1 Å². The van der Waals surface area contributed by atoms with E-state index in [1.807, 2.05) is 0 Å². The van der Waals surface area contributed by atoms with Crippen molar-refractivity contribution in [1.82, 2.24) is 10.2 Å². The number of rotatable bonds is 1. The molecule has 3 heteroatoms. The largest absolute Gasteiger partial charge is 0.374 e. The van der Waals surface area contributed by atoms with Crippen LogP contribution in [0.4, 0.5) is 0 Å². The molecule has 0 amide bonds. The lowest BCUT2D eigenvalue weighted by molar-refractivity contribution is -0.0459. The first-order valence-electron chi connectivity index (χ1n) is 4.97. The van der Waals surface area contributed by atoms with Crippen LogP contribution in [0.25, 0.3) is 0 Å². The Morgan fingerprint density at radius 2 is 2.50 bits per heavy atom. The van der Waals surface area contributed by atoms with Gasteiger partial charge in [0.05, 0.1) is 12.7 Å². The van der Waals surface area contributed by atoms with Gasteiger partial charge in [0.1, 0.15) is 0 Å². The molecule has 0 saturated carbocycles. The third-order valence-electron chi connectivity index (χ3n) is 2.93. The van der Waals surface area contributed by atoms with Crippen LogP contribution in [0.15, 0.2) is 0 Å². The molecule has 70 valence electrons. The molecule has 0 aromatic heterocycles. The Morgan fingerprint density at radius 3 is 3.33 bits per heavy atom. The SMILES string of the molecule is CCN1CC[C@H]2NCCO[C@H]2C1. The molecule has 0 radical (unpaired) electrons. The van der Waals surface area contributed by atoms with Crippen molar-refractivity contribution in [2.45, 2.75) is 25.5 Å². The van der Waals surface area contributed by atoms with Crippen LogP contribution in [0.3, 0.4) is 0 Å². The summed E-state index contributed by atoms with van der Waals surface area (Å²) in [5.41, 5.74) is 0. The smallest absolute Gasteiger partial charge is 0.0855 e. The average Bonchev–Trinajstić information content (AvgIpc) is 2.17. The Kier molecular flexibility index (Phi) is 2.63. The molecule has 1 N–H and O–H groups in total. The predicted octanol–water partition coefficient (Wildman–Crippen LogP) is 0.0690. The Bertz CT molecular complexity index is 151. The minimum atomic E-state index is 0.451. The van der Waals surface area contributed by atoms with E-state index in [9.17, 15) is 0 Å². The van der Waals surface area contributed by atoms with Crippen molar-refractivity contribution in [3.63, 3.8) is 0 Å². The molecule has 2 fully saturated rings. The van der Waals surface area contributed by atoms with Crippen LogP contribution in [-0.2, 0) is 4.74 Å². The van der Waals surface area contributed by atoms with Gasteiger partial charge in [-0.2, -0.15) is 0 Å². The van der Waals surface area contributed by atoms with Crippen molar-refractivity contribution in [3.05, 3.63) is 0 Å². The highest BCUT2D eigenvalue weighted by molar-refractivity contribution is 4.88. The number of morpholine rings is 1. The first kappa shape index (κ1) is 8.48. The van der Waals surface area contributed by atoms with E-state index >= 15 is 0 Å². The number of fused-ring (bicyclic) bond motifs is 1. The van der Waals surface area contributed by atoms with Gasteiger partial charge >= 0.3 is 0 Å². The van der Waals surface area contributed by atoms with Crippen LogP contribution in [0.2, 0.25) is 0 Å². The molecule has 2 rings (SSSR count). The molecule has 2 aliphatic heterocycles. The van der Waals surface area contributed by atoms with Gasteiger partial charge in [-0.3, -0.25) is 0 Å². The van der Waals surface area contributed by atoms with Gasteiger partial charge in [-0.05, 0) is 19.5 Å². The van der Waals surface area contributed by atoms with E-state index < -0.39 is 0 Å². The van der Waals surface area contributed by atoms with Crippen LogP contribution in [-0.4, -0.2) is 49.8 Å². The third-order valence-corrected chi connectivity index (χ3v) is 2.93. The number of hydrogen-bond donors (Lipinski definition) is 1. The summed E-state index contributed by atoms with van der Waals surface area (Å²) in [4.78, 5) is 2.47. The number of likely N-dealkylation sites (tertiary alicyclic amines) is 1. The van der Waals surface area contributed by atoms with E-state index in [4.69, 9.17) is 4.74 Å². The van der Waals surface area contributed by atoms with E-state index in [2.05, 4.69) is 17.1 Å². The maximum absolute atomic E-state index is 5.71. The van der Waals surface area contributed by atoms with Crippen molar-refractivity contribution in [3.8, 4) is 0 Å². The van der Waals surface area contributed by atoms with Crippen molar-refractivity contribution in [1.29, 1.82) is 0 Å². The van der Waals surface area contributed by atoms with Crippen LogP contribution < -0.4 is 5.32 Å². The second-order valence-electron chi connectivity index (χ2n) is 3.65. The summed E-state index contributed by atoms with van der Waals surface area (Å²) in [6.45, 7) is 7.65. The molecule has 3 nitrogen and oxygen atoms in total. The molecule has 0 unspecified atom stereocenters. The van der Waals surface area contributed by atoms with E-state index in [0.29, 0.717) is 12.1 Å². The molecule has 2 atom stereocenters. The number of ether oxygens (including phenoxy) is 1. The Balaban J connectivity index is 1.90. The zero-order valence-corrected chi connectivity index (χ0v) is 7.75.